The second-order valence-corrected chi connectivity index (χ2v) is 5.78. The Morgan fingerprint density at radius 1 is 1.21 bits per heavy atom. The molecule has 2 nitrogen and oxygen atoms in total. The van der Waals surface area contributed by atoms with Gasteiger partial charge >= 0.3 is 0 Å². The van der Waals surface area contributed by atoms with E-state index in [1.807, 2.05) is 30.3 Å². The molecular formula is C15H19NOS2. The quantitative estimate of drug-likeness (QED) is 0.775. The summed E-state index contributed by atoms with van der Waals surface area (Å²) in [5.41, 5.74) is 1.22. The molecule has 0 spiro atoms. The summed E-state index contributed by atoms with van der Waals surface area (Å²) in [5, 5.41) is 1.16. The fourth-order valence-corrected chi connectivity index (χ4v) is 3.20. The highest BCUT2D eigenvalue weighted by molar-refractivity contribution is 7.79. The summed E-state index contributed by atoms with van der Waals surface area (Å²) in [4.78, 5) is 6.00. The van der Waals surface area contributed by atoms with E-state index in [1.165, 1.54) is 10.6 Å². The average Bonchev–Trinajstić information content (AvgIpc) is 2.83. The van der Waals surface area contributed by atoms with E-state index >= 15 is 0 Å². The Morgan fingerprint density at radius 3 is 2.68 bits per heavy atom. The van der Waals surface area contributed by atoms with Crippen LogP contribution in [-0.4, -0.2) is 11.6 Å². The lowest BCUT2D eigenvalue weighted by atomic mass is 10.2. The topological polar surface area (TPSA) is 22.1 Å². The normalized spacial score (nSPS) is 10.6. The van der Waals surface area contributed by atoms with Crippen molar-refractivity contribution in [3.8, 4) is 5.75 Å². The highest BCUT2D eigenvalue weighted by Gasteiger charge is 2.09. The molecule has 0 aliphatic carbocycles. The first-order chi connectivity index (χ1) is 9.33. The van der Waals surface area contributed by atoms with Crippen LogP contribution in [0, 0.1) is 0 Å². The zero-order valence-corrected chi connectivity index (χ0v) is 12.8. The van der Waals surface area contributed by atoms with Crippen molar-refractivity contribution in [2.75, 3.05) is 6.61 Å². The van der Waals surface area contributed by atoms with Crippen molar-refractivity contribution in [1.29, 1.82) is 0 Å². The Bertz CT molecular complexity index is 496. The van der Waals surface area contributed by atoms with E-state index in [2.05, 4.69) is 19.6 Å². The molecule has 0 amide bonds. The Hall–Kier alpha value is -1.00. The molecular weight excluding hydrogens is 274 g/mol. The fourth-order valence-electron chi connectivity index (χ4n) is 1.87. The van der Waals surface area contributed by atoms with Crippen molar-refractivity contribution in [3.05, 3.63) is 45.9 Å². The lowest BCUT2D eigenvalue weighted by Crippen LogP contribution is -2.01. The van der Waals surface area contributed by atoms with E-state index in [-0.39, 0.29) is 0 Å². The number of para-hydroxylation sites is 1. The van der Waals surface area contributed by atoms with Gasteiger partial charge in [-0.2, -0.15) is 12.6 Å². The number of rotatable bonds is 7. The summed E-state index contributed by atoms with van der Waals surface area (Å²) in [6.07, 6.45) is 3.04. The van der Waals surface area contributed by atoms with Crippen molar-refractivity contribution in [3.63, 3.8) is 0 Å². The molecule has 0 aliphatic heterocycles. The van der Waals surface area contributed by atoms with Gasteiger partial charge in [-0.3, -0.25) is 0 Å². The molecule has 0 fully saturated rings. The summed E-state index contributed by atoms with van der Waals surface area (Å²) < 4.78 is 5.70. The van der Waals surface area contributed by atoms with Crippen LogP contribution in [0.2, 0.25) is 0 Å². The van der Waals surface area contributed by atoms with Crippen molar-refractivity contribution in [1.82, 2.24) is 4.98 Å². The third-order valence-electron chi connectivity index (χ3n) is 2.78. The summed E-state index contributed by atoms with van der Waals surface area (Å²) in [7, 11) is 0. The molecule has 0 N–H and O–H groups in total. The SMILES string of the molecule is CCCc1nc(CCOc2ccccc2)sc1CS. The van der Waals surface area contributed by atoms with Gasteiger partial charge in [-0.05, 0) is 18.6 Å². The molecule has 4 heteroatoms. The predicted octanol–water partition coefficient (Wildman–Crippen LogP) is 4.15. The molecule has 0 saturated carbocycles. The van der Waals surface area contributed by atoms with Gasteiger partial charge in [0.15, 0.2) is 0 Å². The molecule has 1 aromatic heterocycles. The number of hydrogen-bond acceptors (Lipinski definition) is 4. The van der Waals surface area contributed by atoms with Crippen molar-refractivity contribution in [2.24, 2.45) is 0 Å². The molecule has 1 heterocycles. The van der Waals surface area contributed by atoms with Crippen molar-refractivity contribution >= 4 is 24.0 Å². The zero-order valence-electron chi connectivity index (χ0n) is 11.1. The molecule has 2 rings (SSSR count). The highest BCUT2D eigenvalue weighted by Crippen LogP contribution is 2.22. The Balaban J connectivity index is 1.89. The van der Waals surface area contributed by atoms with Gasteiger partial charge in [0, 0.05) is 17.1 Å². The van der Waals surface area contributed by atoms with E-state index in [1.54, 1.807) is 11.3 Å². The van der Waals surface area contributed by atoms with Gasteiger partial charge in [-0.15, -0.1) is 11.3 Å². The summed E-state index contributed by atoms with van der Waals surface area (Å²) in [6, 6.07) is 9.91. The van der Waals surface area contributed by atoms with Crippen LogP contribution in [0.5, 0.6) is 5.75 Å². The smallest absolute Gasteiger partial charge is 0.119 e. The highest BCUT2D eigenvalue weighted by atomic mass is 32.1. The van der Waals surface area contributed by atoms with Crippen LogP contribution in [0.1, 0.15) is 28.9 Å². The number of aryl methyl sites for hydroxylation is 1. The maximum absolute atomic E-state index is 5.70. The third-order valence-corrected chi connectivity index (χ3v) is 4.47. The van der Waals surface area contributed by atoms with Crippen molar-refractivity contribution < 1.29 is 4.74 Å². The van der Waals surface area contributed by atoms with E-state index in [9.17, 15) is 0 Å². The molecule has 102 valence electrons. The van der Waals surface area contributed by atoms with Crippen LogP contribution in [0.15, 0.2) is 30.3 Å². The Kier molecular flexibility index (Phi) is 5.73. The summed E-state index contributed by atoms with van der Waals surface area (Å²) >= 11 is 6.14. The minimum Gasteiger partial charge on any atom is -0.493 e. The predicted molar refractivity (Wildman–Crippen MR) is 84.4 cm³/mol. The number of thiazole rings is 1. The van der Waals surface area contributed by atoms with Gasteiger partial charge in [-0.25, -0.2) is 4.98 Å². The van der Waals surface area contributed by atoms with Crippen LogP contribution >= 0.6 is 24.0 Å². The average molecular weight is 293 g/mol. The number of hydrogen-bond donors (Lipinski definition) is 1. The first-order valence-corrected chi connectivity index (χ1v) is 8.04. The monoisotopic (exact) mass is 293 g/mol. The lowest BCUT2D eigenvalue weighted by Gasteiger charge is -2.03. The molecule has 0 aliphatic rings. The molecule has 2 aromatic rings. The van der Waals surface area contributed by atoms with E-state index in [0.717, 1.165) is 35.8 Å². The number of ether oxygens (including phenoxy) is 1. The fraction of sp³-hybridized carbons (Fsp3) is 0.400. The van der Waals surface area contributed by atoms with Crippen molar-refractivity contribution in [2.45, 2.75) is 31.9 Å². The maximum Gasteiger partial charge on any atom is 0.119 e. The third kappa shape index (κ3) is 4.25. The zero-order chi connectivity index (χ0) is 13.5. The molecule has 0 atom stereocenters. The second-order valence-electron chi connectivity index (χ2n) is 4.30. The second kappa shape index (κ2) is 7.56. The van der Waals surface area contributed by atoms with Crippen LogP contribution in [0.3, 0.4) is 0 Å². The largest absolute Gasteiger partial charge is 0.493 e. The lowest BCUT2D eigenvalue weighted by molar-refractivity contribution is 0.321. The van der Waals surface area contributed by atoms with Gasteiger partial charge in [0.05, 0.1) is 17.3 Å². The van der Waals surface area contributed by atoms with E-state index in [0.29, 0.717) is 6.61 Å². The van der Waals surface area contributed by atoms with Gasteiger partial charge in [0.25, 0.3) is 0 Å². The minimum absolute atomic E-state index is 0.676. The van der Waals surface area contributed by atoms with Crippen LogP contribution < -0.4 is 4.74 Å². The summed E-state index contributed by atoms with van der Waals surface area (Å²) in [6.45, 7) is 2.86. The molecule has 19 heavy (non-hydrogen) atoms. The Labute approximate surface area is 124 Å². The van der Waals surface area contributed by atoms with E-state index < -0.39 is 0 Å². The van der Waals surface area contributed by atoms with E-state index in [4.69, 9.17) is 9.72 Å². The molecule has 0 radical (unpaired) electrons. The van der Waals surface area contributed by atoms with Gasteiger partial charge in [0.2, 0.25) is 0 Å². The van der Waals surface area contributed by atoms with Gasteiger partial charge in [0.1, 0.15) is 5.75 Å². The first-order valence-electron chi connectivity index (χ1n) is 6.59. The molecule has 1 aromatic carbocycles. The molecule has 0 saturated heterocycles. The molecule has 0 bridgehead atoms. The minimum atomic E-state index is 0.676. The first kappa shape index (κ1) is 14.4. The number of thiol groups is 1. The number of benzene rings is 1. The van der Waals surface area contributed by atoms with Gasteiger partial charge in [-0.1, -0.05) is 31.5 Å². The Morgan fingerprint density at radius 2 is 2.00 bits per heavy atom. The van der Waals surface area contributed by atoms with Crippen LogP contribution in [0.4, 0.5) is 0 Å². The summed E-state index contributed by atoms with van der Waals surface area (Å²) in [5.74, 6) is 1.70. The van der Waals surface area contributed by atoms with Crippen LogP contribution in [-0.2, 0) is 18.6 Å². The van der Waals surface area contributed by atoms with Gasteiger partial charge < -0.3 is 4.74 Å². The molecule has 0 unspecified atom stereocenters. The number of aromatic nitrogens is 1. The maximum atomic E-state index is 5.70. The van der Waals surface area contributed by atoms with Crippen LogP contribution in [0.25, 0.3) is 0 Å². The number of nitrogens with zero attached hydrogens (tertiary/aromatic N) is 1. The standard InChI is InChI=1S/C15H19NOS2/c1-2-6-13-14(11-18)19-15(16-13)9-10-17-12-7-4-3-5-8-12/h3-5,7-8,18H,2,6,9-11H2,1H3.